The monoisotopic (exact) mass is 443 g/mol. The van der Waals surface area contributed by atoms with E-state index in [1.807, 2.05) is 4.98 Å². The number of benzene rings is 2. The summed E-state index contributed by atoms with van der Waals surface area (Å²) in [6, 6.07) is 9.05. The number of nitrogens with zero attached hydrogens (tertiary/aromatic N) is 2. The number of alkyl halides is 3. The van der Waals surface area contributed by atoms with Crippen LogP contribution in [0.15, 0.2) is 67.8 Å². The van der Waals surface area contributed by atoms with E-state index in [0.29, 0.717) is 4.57 Å². The predicted octanol–water partition coefficient (Wildman–Crippen LogP) is 1.31. The molecule has 30 heavy (non-hydrogen) atoms. The molecule has 0 unspecified atom stereocenters. The van der Waals surface area contributed by atoms with Crippen molar-refractivity contribution in [2.24, 2.45) is 7.05 Å². The molecule has 0 atom stereocenters. The van der Waals surface area contributed by atoms with E-state index >= 15 is 0 Å². The van der Waals surface area contributed by atoms with Crippen molar-refractivity contribution in [3.8, 4) is 17.2 Å². The highest BCUT2D eigenvalue weighted by molar-refractivity contribution is 7.92. The third kappa shape index (κ3) is 3.78. The van der Waals surface area contributed by atoms with Crippen molar-refractivity contribution in [3.05, 3.63) is 80.0 Å². The fraction of sp³-hybridized carbons (Fsp3) is 0.118. The van der Waals surface area contributed by atoms with Crippen molar-refractivity contribution in [1.82, 2.24) is 14.1 Å². The molecular formula is C17H12F3N3O6S. The molecule has 0 bridgehead atoms. The Labute approximate surface area is 165 Å². The first-order valence-corrected chi connectivity index (χ1v) is 9.52. The third-order valence-electron chi connectivity index (χ3n) is 3.97. The van der Waals surface area contributed by atoms with E-state index in [-0.39, 0.29) is 17.2 Å². The smallest absolute Gasteiger partial charge is 0.457 e. The van der Waals surface area contributed by atoms with Gasteiger partial charge in [-0.15, -0.1) is 0 Å². The Morgan fingerprint density at radius 2 is 1.37 bits per heavy atom. The fourth-order valence-electron chi connectivity index (χ4n) is 2.40. The number of sulfone groups is 1. The number of aromatic amines is 1. The second-order valence-corrected chi connectivity index (χ2v) is 7.87. The van der Waals surface area contributed by atoms with Gasteiger partial charge in [0.05, 0.1) is 10.6 Å². The van der Waals surface area contributed by atoms with Crippen LogP contribution in [-0.4, -0.2) is 28.0 Å². The van der Waals surface area contributed by atoms with Gasteiger partial charge in [0.1, 0.15) is 11.5 Å². The summed E-state index contributed by atoms with van der Waals surface area (Å²) in [6.45, 7) is 0. The summed E-state index contributed by atoms with van der Waals surface area (Å²) < 4.78 is 67.2. The zero-order chi connectivity index (χ0) is 22.3. The molecule has 1 N–H and O–H groups in total. The molecule has 0 fully saturated rings. The molecule has 158 valence electrons. The zero-order valence-electron chi connectivity index (χ0n) is 15.0. The number of nitrogens with one attached hydrogen (secondary N) is 1. The van der Waals surface area contributed by atoms with Gasteiger partial charge in [-0.1, -0.05) is 0 Å². The van der Waals surface area contributed by atoms with Crippen molar-refractivity contribution in [2.75, 3.05) is 0 Å². The molecule has 9 nitrogen and oxygen atoms in total. The first-order valence-electron chi connectivity index (χ1n) is 8.04. The lowest BCUT2D eigenvalue weighted by Crippen LogP contribution is -2.47. The van der Waals surface area contributed by atoms with E-state index < -0.39 is 37.3 Å². The fourth-order valence-corrected chi connectivity index (χ4v) is 3.16. The van der Waals surface area contributed by atoms with Crippen molar-refractivity contribution in [3.63, 3.8) is 0 Å². The first-order chi connectivity index (χ1) is 13.9. The lowest BCUT2D eigenvalue weighted by atomic mass is 10.3. The van der Waals surface area contributed by atoms with E-state index in [2.05, 4.69) is 0 Å². The van der Waals surface area contributed by atoms with E-state index in [9.17, 15) is 36.0 Å². The summed E-state index contributed by atoms with van der Waals surface area (Å²) in [6.07, 6.45) is 0. The Kier molecular flexibility index (Phi) is 5.16. The summed E-state index contributed by atoms with van der Waals surface area (Å²) >= 11 is 0. The van der Waals surface area contributed by atoms with Gasteiger partial charge in [-0.05, 0) is 48.5 Å². The predicted molar refractivity (Wildman–Crippen MR) is 97.7 cm³/mol. The zero-order valence-corrected chi connectivity index (χ0v) is 15.8. The molecular weight excluding hydrogens is 431 g/mol. The van der Waals surface area contributed by atoms with E-state index in [1.165, 1.54) is 31.3 Å². The maximum Gasteiger partial charge on any atom is 0.501 e. The molecule has 0 saturated carbocycles. The summed E-state index contributed by atoms with van der Waals surface area (Å²) in [4.78, 5) is 36.5. The van der Waals surface area contributed by atoms with Gasteiger partial charge in [-0.25, -0.2) is 31.9 Å². The Bertz CT molecular complexity index is 1370. The van der Waals surface area contributed by atoms with Gasteiger partial charge in [0.15, 0.2) is 0 Å². The van der Waals surface area contributed by atoms with Crippen LogP contribution in [0.3, 0.4) is 0 Å². The molecule has 13 heteroatoms. The van der Waals surface area contributed by atoms with Crippen molar-refractivity contribution in [1.29, 1.82) is 0 Å². The van der Waals surface area contributed by atoms with Gasteiger partial charge < -0.3 is 4.74 Å². The van der Waals surface area contributed by atoms with Crippen LogP contribution in [0, 0.1) is 0 Å². The minimum absolute atomic E-state index is 0.0565. The van der Waals surface area contributed by atoms with Gasteiger partial charge in [0, 0.05) is 7.05 Å². The minimum Gasteiger partial charge on any atom is -0.457 e. The molecule has 0 aliphatic rings. The van der Waals surface area contributed by atoms with E-state index in [4.69, 9.17) is 4.74 Å². The Hall–Kier alpha value is -3.61. The molecule has 1 heterocycles. The number of ether oxygens (including phenoxy) is 1. The molecule has 0 amide bonds. The quantitative estimate of drug-likeness (QED) is 0.649. The molecule has 3 rings (SSSR count). The number of H-pyrrole nitrogens is 1. The van der Waals surface area contributed by atoms with Gasteiger partial charge in [0.25, 0.3) is 9.84 Å². The molecule has 1 aromatic heterocycles. The largest absolute Gasteiger partial charge is 0.501 e. The Morgan fingerprint density at radius 3 is 1.87 bits per heavy atom. The summed E-state index contributed by atoms with van der Waals surface area (Å²) in [5.41, 5.74) is -7.94. The number of hydrogen-bond donors (Lipinski definition) is 1. The summed E-state index contributed by atoms with van der Waals surface area (Å²) in [5.74, 6) is 0.250. The first kappa shape index (κ1) is 21.1. The van der Waals surface area contributed by atoms with Crippen molar-refractivity contribution in [2.45, 2.75) is 10.4 Å². The maximum atomic E-state index is 12.6. The number of hydrogen-bond acceptors (Lipinski definition) is 6. The summed E-state index contributed by atoms with van der Waals surface area (Å²) in [5, 5.41) is 0. The van der Waals surface area contributed by atoms with Crippen LogP contribution in [0.25, 0.3) is 5.69 Å². The van der Waals surface area contributed by atoms with Crippen LogP contribution in [0.2, 0.25) is 0 Å². The molecule has 3 aromatic rings. The van der Waals surface area contributed by atoms with Crippen LogP contribution < -0.4 is 21.8 Å². The second kappa shape index (κ2) is 7.33. The van der Waals surface area contributed by atoms with Crippen molar-refractivity contribution < 1.29 is 26.3 Å². The highest BCUT2D eigenvalue weighted by atomic mass is 32.2. The lowest BCUT2D eigenvalue weighted by molar-refractivity contribution is -0.0436. The van der Waals surface area contributed by atoms with Crippen LogP contribution in [-0.2, 0) is 16.9 Å². The number of aromatic nitrogens is 3. The van der Waals surface area contributed by atoms with Crippen molar-refractivity contribution >= 4 is 9.84 Å². The van der Waals surface area contributed by atoms with Crippen LogP contribution >= 0.6 is 0 Å². The average molecular weight is 443 g/mol. The van der Waals surface area contributed by atoms with E-state index in [0.717, 1.165) is 28.8 Å². The molecule has 0 aliphatic heterocycles. The minimum atomic E-state index is -5.46. The number of rotatable bonds is 4. The second-order valence-electron chi connectivity index (χ2n) is 5.93. The Morgan fingerprint density at radius 1 is 0.867 bits per heavy atom. The standard InChI is InChI=1S/C17H12F3N3O6S/c1-22-14(24)21-15(25)23(16(22)26)10-2-4-11(5-3-10)29-12-6-8-13(9-7-12)30(27,28)17(18,19)20/h2-9H,1H3,(H,21,24,25). The average Bonchev–Trinajstić information content (AvgIpc) is 2.67. The lowest BCUT2D eigenvalue weighted by Gasteiger charge is -2.10. The highest BCUT2D eigenvalue weighted by Crippen LogP contribution is 2.31. The topological polar surface area (TPSA) is 120 Å². The van der Waals surface area contributed by atoms with Crippen LogP contribution in [0.5, 0.6) is 11.5 Å². The van der Waals surface area contributed by atoms with Gasteiger partial charge in [0.2, 0.25) is 0 Å². The van der Waals surface area contributed by atoms with Gasteiger partial charge in [-0.3, -0.25) is 4.98 Å². The maximum absolute atomic E-state index is 12.6. The molecule has 0 saturated heterocycles. The normalized spacial score (nSPS) is 12.0. The molecule has 0 aliphatic carbocycles. The van der Waals surface area contributed by atoms with Gasteiger partial charge in [-0.2, -0.15) is 13.2 Å². The Balaban J connectivity index is 1.86. The van der Waals surface area contributed by atoms with Crippen LogP contribution in [0.1, 0.15) is 0 Å². The summed E-state index contributed by atoms with van der Waals surface area (Å²) in [7, 11) is -4.27. The highest BCUT2D eigenvalue weighted by Gasteiger charge is 2.46. The van der Waals surface area contributed by atoms with E-state index in [1.54, 1.807) is 0 Å². The van der Waals surface area contributed by atoms with Gasteiger partial charge >= 0.3 is 22.6 Å². The molecule has 0 spiro atoms. The third-order valence-corrected chi connectivity index (χ3v) is 5.47. The molecule has 2 aromatic carbocycles. The SMILES string of the molecule is Cn1c(=O)[nH]c(=O)n(-c2ccc(Oc3ccc(S(=O)(=O)C(F)(F)F)cc3)cc2)c1=O. The molecule has 0 radical (unpaired) electrons. The number of halogens is 3. The van der Waals surface area contributed by atoms with Crippen LogP contribution in [0.4, 0.5) is 13.2 Å².